The Bertz CT molecular complexity index is 510. The zero-order valence-corrected chi connectivity index (χ0v) is 15.0. The maximum Gasteiger partial charge on any atom is 0.155 e. The molecular formula is C17H27FN2S. The molecule has 0 fully saturated rings. The molecule has 0 aliphatic carbocycles. The molecule has 1 aromatic rings. The van der Waals surface area contributed by atoms with Crippen LogP contribution < -0.4 is 4.31 Å². The highest BCUT2D eigenvalue weighted by molar-refractivity contribution is 8.36. The van der Waals surface area contributed by atoms with E-state index < -0.39 is 10.2 Å². The van der Waals surface area contributed by atoms with Crippen LogP contribution in [0.3, 0.4) is 0 Å². The highest BCUT2D eigenvalue weighted by Gasteiger charge is 2.40. The van der Waals surface area contributed by atoms with Gasteiger partial charge in [0.05, 0.1) is 0 Å². The minimum Gasteiger partial charge on any atom is -0.320 e. The normalized spacial score (nSPS) is 12.9. The van der Waals surface area contributed by atoms with E-state index in [1.165, 1.54) is 12.3 Å². The zero-order chi connectivity index (χ0) is 16.4. The fraction of sp³-hybridized carbons (Fsp3) is 0.588. The van der Waals surface area contributed by atoms with Crippen LogP contribution in [0.2, 0.25) is 0 Å². The molecule has 0 unspecified atom stereocenters. The molecule has 0 aromatic carbocycles. The molecule has 1 heterocycles. The number of terminal acetylenes is 1. The van der Waals surface area contributed by atoms with Crippen LogP contribution in [-0.4, -0.2) is 27.8 Å². The van der Waals surface area contributed by atoms with Gasteiger partial charge in [-0.3, -0.25) is 0 Å². The second-order valence-corrected chi connectivity index (χ2v) is 10.8. The second kappa shape index (κ2) is 6.70. The Balaban J connectivity index is 3.55. The average molecular weight is 310 g/mol. The molecule has 0 saturated carbocycles. The van der Waals surface area contributed by atoms with E-state index >= 15 is 0 Å². The largest absolute Gasteiger partial charge is 0.320 e. The summed E-state index contributed by atoms with van der Waals surface area (Å²) < 4.78 is 16.2. The van der Waals surface area contributed by atoms with Crippen molar-refractivity contribution in [2.75, 3.05) is 11.4 Å². The van der Waals surface area contributed by atoms with E-state index in [9.17, 15) is 4.39 Å². The van der Waals surface area contributed by atoms with Crippen molar-refractivity contribution in [1.29, 1.82) is 0 Å². The lowest BCUT2D eigenvalue weighted by molar-refractivity contribution is 0.622. The lowest BCUT2D eigenvalue weighted by atomic mass is 10.2. The zero-order valence-electron chi connectivity index (χ0n) is 14.1. The molecule has 0 saturated heterocycles. The Morgan fingerprint density at radius 2 is 1.62 bits per heavy atom. The van der Waals surface area contributed by atoms with Crippen molar-refractivity contribution in [2.24, 2.45) is 0 Å². The molecule has 0 aliphatic heterocycles. The predicted octanol–water partition coefficient (Wildman–Crippen LogP) is 4.58. The number of halogens is 1. The van der Waals surface area contributed by atoms with E-state index in [1.54, 1.807) is 0 Å². The van der Waals surface area contributed by atoms with Crippen molar-refractivity contribution < 1.29 is 4.39 Å². The van der Waals surface area contributed by atoms with Gasteiger partial charge < -0.3 is 4.31 Å². The molecule has 0 radical (unpaired) electrons. The van der Waals surface area contributed by atoms with Crippen molar-refractivity contribution in [3.63, 3.8) is 0 Å². The molecule has 0 N–H and O–H groups in total. The van der Waals surface area contributed by atoms with Gasteiger partial charge in [-0.2, -0.15) is 10.2 Å². The van der Waals surface area contributed by atoms with Gasteiger partial charge in [0.1, 0.15) is 11.4 Å². The first kappa shape index (κ1) is 17.8. The van der Waals surface area contributed by atoms with Gasteiger partial charge in [-0.1, -0.05) is 47.5 Å². The number of aromatic nitrogens is 1. The Labute approximate surface area is 130 Å². The third-order valence-electron chi connectivity index (χ3n) is 4.06. The number of rotatable bonds is 5. The molecule has 0 spiro atoms. The van der Waals surface area contributed by atoms with Gasteiger partial charge in [0.25, 0.3) is 0 Å². The summed E-state index contributed by atoms with van der Waals surface area (Å²) in [4.78, 5) is 4.39. The quantitative estimate of drug-likeness (QED) is 0.740. The monoisotopic (exact) mass is 310 g/mol. The fourth-order valence-electron chi connectivity index (χ4n) is 3.53. The van der Waals surface area contributed by atoms with E-state index in [0.29, 0.717) is 21.6 Å². The highest BCUT2D eigenvalue weighted by atomic mass is 32.3. The van der Waals surface area contributed by atoms with Crippen molar-refractivity contribution in [1.82, 2.24) is 4.98 Å². The number of nitrogens with zero attached hydrogens (tertiary/aromatic N) is 2. The smallest absolute Gasteiger partial charge is 0.155 e. The topological polar surface area (TPSA) is 16.1 Å². The van der Waals surface area contributed by atoms with E-state index in [4.69, 9.17) is 6.42 Å². The molecule has 118 valence electrons. The molecule has 0 amide bonds. The summed E-state index contributed by atoms with van der Waals surface area (Å²) in [7, 11) is 0.793. The lowest BCUT2D eigenvalue weighted by Crippen LogP contribution is -2.41. The molecular weight excluding hydrogens is 283 g/mol. The molecule has 1 rings (SSSR count). The summed E-state index contributed by atoms with van der Waals surface area (Å²) >= 11 is 0. The third kappa shape index (κ3) is 2.89. The van der Waals surface area contributed by atoms with Crippen LogP contribution in [0.1, 0.15) is 47.1 Å². The molecule has 0 atom stereocenters. The Morgan fingerprint density at radius 1 is 1.14 bits per heavy atom. The van der Waals surface area contributed by atoms with Gasteiger partial charge in [0, 0.05) is 13.2 Å². The summed E-state index contributed by atoms with van der Waals surface area (Å²) in [6.45, 7) is 13.4. The van der Waals surface area contributed by atoms with E-state index in [2.05, 4.69) is 56.8 Å². The summed E-state index contributed by atoms with van der Waals surface area (Å²) in [5.74, 6) is 2.68. The van der Waals surface area contributed by atoms with Gasteiger partial charge in [0.15, 0.2) is 5.82 Å². The Morgan fingerprint density at radius 3 is 2.00 bits per heavy atom. The van der Waals surface area contributed by atoms with Gasteiger partial charge in [-0.25, -0.2) is 9.37 Å². The minimum absolute atomic E-state index is 0.263. The van der Waals surface area contributed by atoms with Gasteiger partial charge in [-0.15, -0.1) is 6.42 Å². The first-order valence-corrected chi connectivity index (χ1v) is 9.14. The van der Waals surface area contributed by atoms with Gasteiger partial charge in [-0.05, 0) is 21.8 Å². The maximum absolute atomic E-state index is 14.0. The van der Waals surface area contributed by atoms with Gasteiger partial charge in [0.2, 0.25) is 0 Å². The number of pyridine rings is 1. The van der Waals surface area contributed by atoms with Crippen LogP contribution in [-0.2, 0) is 0 Å². The van der Waals surface area contributed by atoms with E-state index in [0.717, 1.165) is 0 Å². The van der Waals surface area contributed by atoms with E-state index in [1.807, 2.05) is 7.05 Å². The number of anilines is 1. The molecule has 0 aliphatic rings. The summed E-state index contributed by atoms with van der Waals surface area (Å²) in [5.41, 5.74) is 0.263. The van der Waals surface area contributed by atoms with Crippen molar-refractivity contribution in [2.45, 2.75) is 57.3 Å². The Hall–Kier alpha value is -1.21. The summed E-state index contributed by atoms with van der Waals surface area (Å²) in [5, 5.41) is 1.37. The van der Waals surface area contributed by atoms with Crippen LogP contribution in [0.15, 0.2) is 12.3 Å². The molecule has 0 bridgehead atoms. The highest BCUT2D eigenvalue weighted by Crippen LogP contribution is 2.63. The Kier molecular flexibility index (Phi) is 5.69. The van der Waals surface area contributed by atoms with Gasteiger partial charge >= 0.3 is 0 Å². The average Bonchev–Trinajstić information content (AvgIpc) is 2.37. The third-order valence-corrected chi connectivity index (χ3v) is 9.72. The van der Waals surface area contributed by atoms with E-state index in [-0.39, 0.29) is 11.4 Å². The lowest BCUT2D eigenvalue weighted by Gasteiger charge is -2.57. The molecule has 2 nitrogen and oxygen atoms in total. The first-order valence-electron chi connectivity index (χ1n) is 7.36. The van der Waals surface area contributed by atoms with Crippen LogP contribution in [0.25, 0.3) is 0 Å². The van der Waals surface area contributed by atoms with Crippen molar-refractivity contribution in [3.8, 4) is 12.3 Å². The molecule has 21 heavy (non-hydrogen) atoms. The minimum atomic E-state index is -1.22. The van der Waals surface area contributed by atoms with Crippen LogP contribution in [0, 0.1) is 18.2 Å². The van der Waals surface area contributed by atoms with Crippen molar-refractivity contribution in [3.05, 3.63) is 23.6 Å². The SMILES string of the molecule is C#Cc1c(F)ccnc1N(C)S(C(C)C)(C(C)C)C(C)C. The summed E-state index contributed by atoms with van der Waals surface area (Å²) in [6.07, 6.45) is 7.01. The van der Waals surface area contributed by atoms with Crippen LogP contribution in [0.4, 0.5) is 10.2 Å². The predicted molar refractivity (Wildman–Crippen MR) is 93.5 cm³/mol. The van der Waals surface area contributed by atoms with Crippen molar-refractivity contribution >= 4 is 16.0 Å². The number of hydrogen-bond acceptors (Lipinski definition) is 2. The standard InChI is InChI=1S/C17H27FN2S/c1-9-15-16(18)10-11-19-17(15)20(8)21(12(2)3,13(4)5)14(6)7/h1,10-14H,2-8H3. The summed E-state index contributed by atoms with van der Waals surface area (Å²) in [6, 6.07) is 1.32. The fourth-order valence-corrected chi connectivity index (χ4v) is 9.13. The second-order valence-electron chi connectivity index (χ2n) is 6.00. The van der Waals surface area contributed by atoms with Crippen LogP contribution >= 0.6 is 10.2 Å². The van der Waals surface area contributed by atoms with Crippen LogP contribution in [0.5, 0.6) is 0 Å². The number of hydrogen-bond donors (Lipinski definition) is 0. The first-order chi connectivity index (χ1) is 9.71. The molecule has 4 heteroatoms. The maximum atomic E-state index is 14.0. The molecule has 1 aromatic heterocycles.